The fourth-order valence-electron chi connectivity index (χ4n) is 4.21. The molecule has 0 aliphatic carbocycles. The maximum atomic E-state index is 11.7. The van der Waals surface area contributed by atoms with Crippen LogP contribution in [0, 0.1) is 5.41 Å². The number of unbranched alkanes of at least 4 members (excludes halogenated alkanes) is 15. The fourth-order valence-corrected chi connectivity index (χ4v) is 4.21. The fraction of sp³-hybridized carbons (Fsp3) is 0.677. The van der Waals surface area contributed by atoms with Crippen LogP contribution in [0.15, 0.2) is 29.8 Å². The van der Waals surface area contributed by atoms with Gasteiger partial charge in [-0.15, -0.1) is 0 Å². The topological polar surface area (TPSA) is 76.5 Å². The van der Waals surface area contributed by atoms with Gasteiger partial charge in [-0.2, -0.15) is 0 Å². The molecule has 0 amide bonds. The maximum absolute atomic E-state index is 11.7. The van der Waals surface area contributed by atoms with Gasteiger partial charge in [-0.25, -0.2) is 4.79 Å². The third-order valence-electron chi connectivity index (χ3n) is 6.50. The minimum Gasteiger partial charge on any atom is -0.494 e. The van der Waals surface area contributed by atoms with Crippen molar-refractivity contribution in [2.45, 2.75) is 123 Å². The number of hydrogen-bond acceptors (Lipinski definition) is 5. The highest BCUT2D eigenvalue weighted by atomic mass is 16.5. The molecule has 0 saturated carbocycles. The van der Waals surface area contributed by atoms with Crippen molar-refractivity contribution in [3.8, 4) is 5.75 Å². The number of hydrogen-bond donors (Lipinski definition) is 1. The first kappa shape index (κ1) is 31.6. The van der Waals surface area contributed by atoms with E-state index in [9.17, 15) is 9.59 Å². The Morgan fingerprint density at radius 3 is 1.64 bits per heavy atom. The zero-order valence-electron chi connectivity index (χ0n) is 22.9. The third kappa shape index (κ3) is 16.3. The molecule has 0 fully saturated rings. The summed E-state index contributed by atoms with van der Waals surface area (Å²) < 4.78 is 10.9. The molecule has 5 heteroatoms. The van der Waals surface area contributed by atoms with Crippen LogP contribution in [0.5, 0.6) is 5.75 Å². The summed E-state index contributed by atoms with van der Waals surface area (Å²) in [5.41, 5.74) is 0.661. The molecule has 5 nitrogen and oxygen atoms in total. The number of ketones is 1. The van der Waals surface area contributed by atoms with Gasteiger partial charge in [-0.3, -0.25) is 10.2 Å². The number of ether oxygens (including phenoxy) is 2. The van der Waals surface area contributed by atoms with E-state index in [1.54, 1.807) is 0 Å². The maximum Gasteiger partial charge on any atom is 0.351 e. The predicted molar refractivity (Wildman–Crippen MR) is 148 cm³/mol. The number of esters is 1. The molecule has 0 unspecified atom stereocenters. The molecule has 0 spiro atoms. The van der Waals surface area contributed by atoms with Gasteiger partial charge in [0.25, 0.3) is 0 Å². The van der Waals surface area contributed by atoms with E-state index in [1.807, 2.05) is 30.1 Å². The number of rotatable bonds is 23. The van der Waals surface area contributed by atoms with Crippen molar-refractivity contribution in [2.24, 2.45) is 0 Å². The molecule has 0 radical (unpaired) electrons. The van der Waals surface area contributed by atoms with E-state index >= 15 is 0 Å². The predicted octanol–water partition coefficient (Wildman–Crippen LogP) is 8.18. The van der Waals surface area contributed by atoms with Crippen LogP contribution in [0.2, 0.25) is 0 Å². The van der Waals surface area contributed by atoms with Crippen LogP contribution in [0.4, 0.5) is 0 Å². The second-order valence-electron chi connectivity index (χ2n) is 9.74. The highest BCUT2D eigenvalue weighted by molar-refractivity contribution is 6.22. The molecule has 36 heavy (non-hydrogen) atoms. The van der Waals surface area contributed by atoms with Crippen LogP contribution in [-0.4, -0.2) is 30.8 Å². The van der Waals surface area contributed by atoms with E-state index in [1.165, 1.54) is 103 Å². The van der Waals surface area contributed by atoms with E-state index in [0.717, 1.165) is 24.3 Å². The molecule has 0 aliphatic heterocycles. The van der Waals surface area contributed by atoms with Gasteiger partial charge < -0.3 is 9.47 Å². The normalized spacial score (nSPS) is 10.6. The Labute approximate surface area is 219 Å². The molecule has 1 aromatic rings. The van der Waals surface area contributed by atoms with Crippen molar-refractivity contribution >= 4 is 17.6 Å². The summed E-state index contributed by atoms with van der Waals surface area (Å²) in [6.45, 7) is 4.38. The SMILES string of the molecule is CCCCCCCCCCCCCCCCCCOc1ccc(CCOC(=O)C(=C=N)C(C)=O)cc1. The Morgan fingerprint density at radius 1 is 0.722 bits per heavy atom. The number of nitrogens with one attached hydrogen (secondary N) is 1. The average molecular weight is 500 g/mol. The monoisotopic (exact) mass is 499 g/mol. The first-order chi connectivity index (χ1) is 17.6. The van der Waals surface area contributed by atoms with Crippen molar-refractivity contribution in [1.82, 2.24) is 0 Å². The highest BCUT2D eigenvalue weighted by Gasteiger charge is 2.15. The summed E-state index contributed by atoms with van der Waals surface area (Å²) in [7, 11) is 0. The van der Waals surface area contributed by atoms with Gasteiger partial charge in [-0.1, -0.05) is 115 Å². The second-order valence-corrected chi connectivity index (χ2v) is 9.74. The molecule has 0 saturated heterocycles. The zero-order valence-corrected chi connectivity index (χ0v) is 22.9. The van der Waals surface area contributed by atoms with Gasteiger partial charge in [0.05, 0.1) is 13.2 Å². The second kappa shape index (κ2) is 21.9. The summed E-state index contributed by atoms with van der Waals surface area (Å²) in [5.74, 6) is 1.38. The van der Waals surface area contributed by atoms with Crippen molar-refractivity contribution in [2.75, 3.05) is 13.2 Å². The molecule has 0 atom stereocenters. The van der Waals surface area contributed by atoms with E-state index < -0.39 is 11.8 Å². The van der Waals surface area contributed by atoms with E-state index in [0.29, 0.717) is 6.42 Å². The molecule has 202 valence electrons. The Morgan fingerprint density at radius 2 is 1.19 bits per heavy atom. The molecular formula is C31H49NO4. The van der Waals surface area contributed by atoms with E-state index in [4.69, 9.17) is 14.9 Å². The number of carbonyl (C=O) groups excluding carboxylic acids is 2. The van der Waals surface area contributed by atoms with Crippen LogP contribution >= 0.6 is 0 Å². The summed E-state index contributed by atoms with van der Waals surface area (Å²) in [6, 6.07) is 7.77. The van der Waals surface area contributed by atoms with Gasteiger partial charge in [0.15, 0.2) is 11.4 Å². The highest BCUT2D eigenvalue weighted by Crippen LogP contribution is 2.15. The largest absolute Gasteiger partial charge is 0.494 e. The standard InChI is InChI=1S/C31H49NO4/c1-3-4-5-6-7-8-9-10-11-12-13-14-15-16-17-18-24-35-29-21-19-28(20-22-29)23-25-36-31(34)30(26-32)27(2)33/h19-22,32H,3-18,23-25H2,1-2H3. The lowest BCUT2D eigenvalue weighted by atomic mass is 10.0. The van der Waals surface area contributed by atoms with Crippen LogP contribution < -0.4 is 4.74 Å². The van der Waals surface area contributed by atoms with Gasteiger partial charge in [0, 0.05) is 13.3 Å². The van der Waals surface area contributed by atoms with Crippen LogP contribution in [0.3, 0.4) is 0 Å². The molecule has 1 rings (SSSR count). The van der Waals surface area contributed by atoms with Gasteiger partial charge in [-0.05, 0) is 30.0 Å². The Hall–Kier alpha value is -2.39. The molecule has 1 aromatic carbocycles. The van der Waals surface area contributed by atoms with Crippen LogP contribution in [0.25, 0.3) is 0 Å². The number of carbonyl (C=O) groups is 2. The first-order valence-electron chi connectivity index (χ1n) is 14.3. The van der Waals surface area contributed by atoms with Crippen LogP contribution in [0.1, 0.15) is 122 Å². The minimum atomic E-state index is -0.795. The number of benzene rings is 1. The Kier molecular flexibility index (Phi) is 19.2. The van der Waals surface area contributed by atoms with Crippen LogP contribution in [-0.2, 0) is 20.7 Å². The first-order valence-corrected chi connectivity index (χ1v) is 14.3. The van der Waals surface area contributed by atoms with Gasteiger partial charge >= 0.3 is 5.97 Å². The van der Waals surface area contributed by atoms with E-state index in [2.05, 4.69) is 6.92 Å². The van der Waals surface area contributed by atoms with Crippen molar-refractivity contribution < 1.29 is 19.1 Å². The Bertz CT molecular complexity index is 765. The summed E-state index contributed by atoms with van der Waals surface area (Å²) in [5, 5.41) is 6.99. The molecule has 0 aliphatic rings. The summed E-state index contributed by atoms with van der Waals surface area (Å²) in [4.78, 5) is 22.9. The summed E-state index contributed by atoms with van der Waals surface area (Å²) in [6.07, 6.45) is 22.3. The molecular weight excluding hydrogens is 450 g/mol. The quantitative estimate of drug-likeness (QED) is 0.0411. The van der Waals surface area contributed by atoms with Crippen molar-refractivity contribution in [1.29, 1.82) is 5.41 Å². The lowest BCUT2D eigenvalue weighted by molar-refractivity contribution is -0.140. The average Bonchev–Trinajstić information content (AvgIpc) is 2.87. The third-order valence-corrected chi connectivity index (χ3v) is 6.50. The van der Waals surface area contributed by atoms with E-state index in [-0.39, 0.29) is 12.2 Å². The van der Waals surface area contributed by atoms with Gasteiger partial charge in [0.1, 0.15) is 5.75 Å². The smallest absolute Gasteiger partial charge is 0.351 e. The molecule has 0 heterocycles. The lowest BCUT2D eigenvalue weighted by Gasteiger charge is -2.08. The molecule has 1 N–H and O–H groups in total. The van der Waals surface area contributed by atoms with Crippen molar-refractivity contribution in [3.63, 3.8) is 0 Å². The minimum absolute atomic E-state index is 0.149. The zero-order chi connectivity index (χ0) is 26.3. The van der Waals surface area contributed by atoms with Crippen molar-refractivity contribution in [3.05, 3.63) is 35.4 Å². The van der Waals surface area contributed by atoms with Gasteiger partial charge in [0.2, 0.25) is 0 Å². The summed E-state index contributed by atoms with van der Waals surface area (Å²) >= 11 is 0. The number of Topliss-reactive ketones (excluding diaryl/α,β-unsaturated/α-hetero) is 1. The Balaban J connectivity index is 1.95. The lowest BCUT2D eigenvalue weighted by Crippen LogP contribution is -2.15. The molecule has 0 bridgehead atoms. The molecule has 0 aromatic heterocycles.